The molecule has 134 valence electrons. The number of aryl methyl sites for hydroxylation is 1. The van der Waals surface area contributed by atoms with Gasteiger partial charge in [-0.05, 0) is 69.7 Å². The Morgan fingerprint density at radius 2 is 1.81 bits per heavy atom. The second kappa shape index (κ2) is 7.83. The molecule has 2 amide bonds. The van der Waals surface area contributed by atoms with E-state index < -0.39 is 11.3 Å². The van der Waals surface area contributed by atoms with Crippen molar-refractivity contribution in [3.05, 3.63) is 59.7 Å². The smallest absolute Gasteiger partial charge is 0.242 e. The Kier molecular flexibility index (Phi) is 5.78. The summed E-state index contributed by atoms with van der Waals surface area (Å²) in [5.41, 5.74) is 1.64. The predicted octanol–water partition coefficient (Wildman–Crippen LogP) is 3.88. The van der Waals surface area contributed by atoms with Crippen LogP contribution in [0.4, 0.5) is 11.4 Å². The molecule has 0 unspecified atom stereocenters. The summed E-state index contributed by atoms with van der Waals surface area (Å²) >= 11 is 0. The van der Waals surface area contributed by atoms with Gasteiger partial charge < -0.3 is 10.2 Å². The molecule has 0 aliphatic rings. The molecule has 0 aliphatic heterocycles. The van der Waals surface area contributed by atoms with Crippen LogP contribution in [0.15, 0.2) is 48.5 Å². The van der Waals surface area contributed by atoms with Crippen molar-refractivity contribution >= 4 is 23.2 Å². The van der Waals surface area contributed by atoms with E-state index in [1.54, 1.807) is 43.0 Å². The van der Waals surface area contributed by atoms with Crippen LogP contribution in [0.1, 0.15) is 31.9 Å². The highest BCUT2D eigenvalue weighted by Gasteiger charge is 2.39. The first-order valence-electron chi connectivity index (χ1n) is 8.50. The molecule has 5 heteroatoms. The Bertz CT molecular complexity index is 848. The fourth-order valence-corrected chi connectivity index (χ4v) is 2.59. The lowest BCUT2D eigenvalue weighted by Gasteiger charge is -2.30. The minimum absolute atomic E-state index is 0.267. The van der Waals surface area contributed by atoms with Crippen molar-refractivity contribution < 1.29 is 9.59 Å². The number of carbonyl (C=O) groups excluding carboxylic acids is 2. The van der Waals surface area contributed by atoms with E-state index in [9.17, 15) is 9.59 Å². The maximum Gasteiger partial charge on any atom is 0.242 e. The molecule has 0 heterocycles. The summed E-state index contributed by atoms with van der Waals surface area (Å²) in [5, 5.41) is 11.6. The quantitative estimate of drug-likeness (QED) is 0.833. The lowest BCUT2D eigenvalue weighted by Crippen LogP contribution is -2.47. The van der Waals surface area contributed by atoms with Gasteiger partial charge in [-0.25, -0.2) is 0 Å². The lowest BCUT2D eigenvalue weighted by atomic mass is 9.89. The number of anilines is 2. The van der Waals surface area contributed by atoms with Crippen molar-refractivity contribution in [2.24, 2.45) is 5.41 Å². The van der Waals surface area contributed by atoms with Crippen molar-refractivity contribution in [3.8, 4) is 6.07 Å². The monoisotopic (exact) mass is 349 g/mol. The van der Waals surface area contributed by atoms with Crippen molar-refractivity contribution in [1.82, 2.24) is 0 Å². The minimum Gasteiger partial charge on any atom is -0.325 e. The van der Waals surface area contributed by atoms with E-state index in [-0.39, 0.29) is 5.91 Å². The lowest BCUT2D eigenvalue weighted by molar-refractivity contribution is -0.136. The van der Waals surface area contributed by atoms with Gasteiger partial charge in [-0.3, -0.25) is 9.59 Å². The van der Waals surface area contributed by atoms with Crippen LogP contribution in [-0.4, -0.2) is 18.4 Å². The highest BCUT2D eigenvalue weighted by Crippen LogP contribution is 2.26. The molecule has 0 saturated heterocycles. The van der Waals surface area contributed by atoms with Crippen LogP contribution < -0.4 is 10.2 Å². The van der Waals surface area contributed by atoms with E-state index in [0.29, 0.717) is 17.8 Å². The molecule has 2 rings (SSSR count). The molecular weight excluding hydrogens is 326 g/mol. The van der Waals surface area contributed by atoms with Crippen LogP contribution in [0.2, 0.25) is 0 Å². The van der Waals surface area contributed by atoms with Crippen molar-refractivity contribution in [1.29, 1.82) is 5.26 Å². The standard InChI is InChI=1S/C21H23N3O2/c1-5-24(18-8-6-7-15(2)13-18)20(26)21(3,4)19(25)23-17-11-9-16(14-22)10-12-17/h6-13H,5H2,1-4H3,(H,23,25). The van der Waals surface area contributed by atoms with E-state index in [0.717, 1.165) is 11.3 Å². The number of carbonyl (C=O) groups is 2. The maximum atomic E-state index is 13.1. The number of benzene rings is 2. The number of nitrogens with one attached hydrogen (secondary N) is 1. The summed E-state index contributed by atoms with van der Waals surface area (Å²) in [7, 11) is 0. The molecule has 0 aromatic heterocycles. The first-order valence-corrected chi connectivity index (χ1v) is 8.50. The maximum absolute atomic E-state index is 13.1. The van der Waals surface area contributed by atoms with Gasteiger partial charge in [0, 0.05) is 17.9 Å². The average molecular weight is 349 g/mol. The first kappa shape index (κ1) is 19.2. The van der Waals surface area contributed by atoms with E-state index in [1.165, 1.54) is 0 Å². The number of hydrogen-bond acceptors (Lipinski definition) is 3. The third-order valence-corrected chi connectivity index (χ3v) is 4.25. The Balaban J connectivity index is 2.21. The number of amides is 2. The van der Waals surface area contributed by atoms with Gasteiger partial charge in [0.1, 0.15) is 5.41 Å². The zero-order valence-corrected chi connectivity index (χ0v) is 15.5. The number of hydrogen-bond donors (Lipinski definition) is 1. The largest absolute Gasteiger partial charge is 0.325 e. The van der Waals surface area contributed by atoms with Crippen LogP contribution >= 0.6 is 0 Å². The Morgan fingerprint density at radius 1 is 1.15 bits per heavy atom. The average Bonchev–Trinajstić information content (AvgIpc) is 2.63. The predicted molar refractivity (Wildman–Crippen MR) is 103 cm³/mol. The molecule has 2 aromatic carbocycles. The molecule has 0 atom stereocenters. The summed E-state index contributed by atoms with van der Waals surface area (Å²) in [4.78, 5) is 27.4. The molecule has 0 spiro atoms. The molecule has 0 fully saturated rings. The summed E-state index contributed by atoms with van der Waals surface area (Å²) in [5.74, 6) is -0.657. The summed E-state index contributed by atoms with van der Waals surface area (Å²) in [6, 6.07) is 16.2. The molecular formula is C21H23N3O2. The molecule has 0 bridgehead atoms. The van der Waals surface area contributed by atoms with Gasteiger partial charge in [-0.15, -0.1) is 0 Å². The zero-order chi connectivity index (χ0) is 19.3. The third kappa shape index (κ3) is 4.09. The third-order valence-electron chi connectivity index (χ3n) is 4.25. The van der Waals surface area contributed by atoms with Crippen molar-refractivity contribution in [2.45, 2.75) is 27.7 Å². The Morgan fingerprint density at radius 3 is 2.35 bits per heavy atom. The molecule has 2 aromatic rings. The second-order valence-corrected chi connectivity index (χ2v) is 6.66. The van der Waals surface area contributed by atoms with Gasteiger partial charge in [0.15, 0.2) is 0 Å². The van der Waals surface area contributed by atoms with E-state index in [1.807, 2.05) is 44.2 Å². The van der Waals surface area contributed by atoms with Crippen molar-refractivity contribution in [3.63, 3.8) is 0 Å². The van der Waals surface area contributed by atoms with Gasteiger partial charge in [0.05, 0.1) is 11.6 Å². The van der Waals surface area contributed by atoms with Crippen LogP contribution in [0, 0.1) is 23.7 Å². The topological polar surface area (TPSA) is 73.2 Å². The van der Waals surface area contributed by atoms with Crippen LogP contribution in [0.5, 0.6) is 0 Å². The fourth-order valence-electron chi connectivity index (χ4n) is 2.59. The van der Waals surface area contributed by atoms with Gasteiger partial charge in [-0.1, -0.05) is 12.1 Å². The number of nitrogens with zero attached hydrogens (tertiary/aromatic N) is 2. The zero-order valence-electron chi connectivity index (χ0n) is 15.5. The minimum atomic E-state index is -1.24. The normalized spacial score (nSPS) is 10.7. The number of rotatable bonds is 5. The van der Waals surface area contributed by atoms with Crippen LogP contribution in [0.25, 0.3) is 0 Å². The highest BCUT2D eigenvalue weighted by molar-refractivity contribution is 6.14. The van der Waals surface area contributed by atoms with Crippen molar-refractivity contribution in [2.75, 3.05) is 16.8 Å². The van der Waals surface area contributed by atoms with E-state index in [4.69, 9.17) is 5.26 Å². The molecule has 5 nitrogen and oxygen atoms in total. The molecule has 0 radical (unpaired) electrons. The van der Waals surface area contributed by atoms with Crippen LogP contribution in [-0.2, 0) is 9.59 Å². The fraction of sp³-hybridized carbons (Fsp3) is 0.286. The number of nitriles is 1. The van der Waals surface area contributed by atoms with Crippen LogP contribution in [0.3, 0.4) is 0 Å². The Hall–Kier alpha value is -3.13. The van der Waals surface area contributed by atoms with Gasteiger partial charge in [0.25, 0.3) is 0 Å². The summed E-state index contributed by atoms with van der Waals surface area (Å²) in [6.07, 6.45) is 0. The SMILES string of the molecule is CCN(C(=O)C(C)(C)C(=O)Nc1ccc(C#N)cc1)c1cccc(C)c1. The van der Waals surface area contributed by atoms with E-state index >= 15 is 0 Å². The summed E-state index contributed by atoms with van der Waals surface area (Å²) < 4.78 is 0. The highest BCUT2D eigenvalue weighted by atomic mass is 16.2. The first-order chi connectivity index (χ1) is 12.3. The van der Waals surface area contributed by atoms with E-state index in [2.05, 4.69) is 5.32 Å². The molecule has 0 saturated carbocycles. The Labute approximate surface area is 154 Å². The second-order valence-electron chi connectivity index (χ2n) is 6.66. The van der Waals surface area contributed by atoms with Gasteiger partial charge in [-0.2, -0.15) is 5.26 Å². The molecule has 0 aliphatic carbocycles. The molecule has 26 heavy (non-hydrogen) atoms. The van der Waals surface area contributed by atoms with Gasteiger partial charge in [0.2, 0.25) is 11.8 Å². The molecule has 1 N–H and O–H groups in total. The van der Waals surface area contributed by atoms with Gasteiger partial charge >= 0.3 is 0 Å². The summed E-state index contributed by atoms with van der Waals surface area (Å²) in [6.45, 7) is 7.55.